The highest BCUT2D eigenvalue weighted by atomic mass is 127. The van der Waals surface area contributed by atoms with E-state index in [2.05, 4.69) is 106 Å². The van der Waals surface area contributed by atoms with Gasteiger partial charge in [0.1, 0.15) is 0 Å². The molecule has 0 aliphatic heterocycles. The van der Waals surface area contributed by atoms with Crippen molar-refractivity contribution in [3.8, 4) is 0 Å². The molecule has 2 aliphatic rings. The minimum atomic E-state index is 0.286. The summed E-state index contributed by atoms with van der Waals surface area (Å²) in [5, 5.41) is 0. The second-order valence-corrected chi connectivity index (χ2v) is 12.8. The summed E-state index contributed by atoms with van der Waals surface area (Å²) >= 11 is 7.55. The minimum absolute atomic E-state index is 0.286. The summed E-state index contributed by atoms with van der Waals surface area (Å²) in [5.74, 6) is 2.17. The lowest BCUT2D eigenvalue weighted by atomic mass is 9.76. The fourth-order valence-electron chi connectivity index (χ4n) is 3.90. The number of allylic oxidation sites excluding steroid dienone is 5. The third kappa shape index (κ3) is 3.43. The van der Waals surface area contributed by atoms with Crippen LogP contribution in [0.5, 0.6) is 0 Å². The van der Waals surface area contributed by atoms with Gasteiger partial charge in [-0.05, 0) is 71.1 Å². The molecule has 0 heterocycles. The summed E-state index contributed by atoms with van der Waals surface area (Å²) in [4.78, 5) is 0. The molecule has 3 heteroatoms. The molecule has 1 saturated carbocycles. The second-order valence-electron chi connectivity index (χ2n) is 6.15. The van der Waals surface area contributed by atoms with Gasteiger partial charge >= 0.3 is 0 Å². The van der Waals surface area contributed by atoms with Crippen LogP contribution >= 0.6 is 67.8 Å². The Morgan fingerprint density at radius 3 is 2.74 bits per heavy atom. The molecule has 2 rings (SSSR count). The lowest BCUT2D eigenvalue weighted by Gasteiger charge is -2.29. The number of hydrogen-bond donors (Lipinski definition) is 0. The smallest absolute Gasteiger partial charge is 0.0626 e. The van der Waals surface area contributed by atoms with Crippen LogP contribution in [-0.2, 0) is 0 Å². The van der Waals surface area contributed by atoms with E-state index in [0.29, 0.717) is 5.92 Å². The van der Waals surface area contributed by atoms with E-state index >= 15 is 0 Å². The second kappa shape index (κ2) is 6.67. The molecule has 106 valence electrons. The van der Waals surface area contributed by atoms with Crippen molar-refractivity contribution in [3.05, 3.63) is 34.0 Å². The zero-order chi connectivity index (χ0) is 14.2. The van der Waals surface area contributed by atoms with Gasteiger partial charge < -0.3 is 0 Å². The first-order chi connectivity index (χ1) is 8.87. The van der Waals surface area contributed by atoms with Crippen LogP contribution in [-0.4, -0.2) is 1.93 Å². The highest BCUT2D eigenvalue weighted by Gasteiger charge is 2.49. The summed E-state index contributed by atoms with van der Waals surface area (Å²) in [6.07, 6.45) is 11.0. The van der Waals surface area contributed by atoms with Gasteiger partial charge in [-0.15, -0.1) is 6.58 Å². The Morgan fingerprint density at radius 2 is 2.16 bits per heavy atom. The van der Waals surface area contributed by atoms with Crippen LogP contribution < -0.4 is 0 Å². The molecule has 0 radical (unpaired) electrons. The van der Waals surface area contributed by atoms with E-state index in [4.69, 9.17) is 0 Å². The van der Waals surface area contributed by atoms with Gasteiger partial charge in [-0.3, -0.25) is 0 Å². The van der Waals surface area contributed by atoms with Crippen molar-refractivity contribution in [1.82, 2.24) is 0 Å². The van der Waals surface area contributed by atoms with Gasteiger partial charge in [-0.2, -0.15) is 0 Å². The average molecular weight is 594 g/mol. The van der Waals surface area contributed by atoms with Gasteiger partial charge in [0.25, 0.3) is 0 Å². The van der Waals surface area contributed by atoms with Crippen LogP contribution in [0.25, 0.3) is 0 Å². The molecule has 0 aromatic rings. The quantitative estimate of drug-likeness (QED) is 0.194. The van der Waals surface area contributed by atoms with Gasteiger partial charge in [0.2, 0.25) is 0 Å². The molecule has 3 atom stereocenters. The molecule has 0 nitrogen and oxygen atoms in total. The van der Waals surface area contributed by atoms with E-state index in [9.17, 15) is 0 Å². The van der Waals surface area contributed by atoms with Gasteiger partial charge in [0.05, 0.1) is 1.93 Å². The normalized spacial score (nSPS) is 32.8. The number of alkyl halides is 2. The molecular weight excluding hydrogens is 573 g/mol. The van der Waals surface area contributed by atoms with Crippen LogP contribution in [0.4, 0.5) is 0 Å². The zero-order valence-electron chi connectivity index (χ0n) is 11.5. The zero-order valence-corrected chi connectivity index (χ0v) is 18.0. The third-order valence-corrected chi connectivity index (χ3v) is 6.78. The highest BCUT2D eigenvalue weighted by Crippen LogP contribution is 2.58. The topological polar surface area (TPSA) is 0 Å². The van der Waals surface area contributed by atoms with E-state index in [1.165, 1.54) is 22.8 Å². The lowest BCUT2D eigenvalue weighted by molar-refractivity contribution is 0.268. The minimum Gasteiger partial charge on any atom is -0.103 e. The summed E-state index contributed by atoms with van der Waals surface area (Å²) in [7, 11) is 0. The average Bonchev–Trinajstić information content (AvgIpc) is 2.54. The van der Waals surface area contributed by atoms with E-state index in [-0.39, 0.29) is 5.41 Å². The highest BCUT2D eigenvalue weighted by molar-refractivity contribution is 14.2. The molecule has 2 aliphatic carbocycles. The summed E-state index contributed by atoms with van der Waals surface area (Å²) < 4.78 is 2.16. The SMILES string of the molecule is C=CC1C(CCC(I)I)[C@H]2CC=C(I)C=C2C1(C)C. The molecule has 0 aromatic heterocycles. The largest absolute Gasteiger partial charge is 0.103 e. The molecule has 0 saturated heterocycles. The van der Waals surface area contributed by atoms with Crippen LogP contribution in [0, 0.1) is 23.2 Å². The Labute approximate surface area is 158 Å². The Morgan fingerprint density at radius 1 is 1.47 bits per heavy atom. The molecule has 1 fully saturated rings. The Kier molecular flexibility index (Phi) is 5.89. The molecular formula is C16H21I3. The predicted molar refractivity (Wildman–Crippen MR) is 110 cm³/mol. The van der Waals surface area contributed by atoms with E-state index < -0.39 is 0 Å². The van der Waals surface area contributed by atoms with Gasteiger partial charge in [-0.1, -0.05) is 76.8 Å². The summed E-state index contributed by atoms with van der Waals surface area (Å²) in [6.45, 7) is 8.97. The Hall–Kier alpha value is 1.41. The first-order valence-corrected chi connectivity index (χ1v) is 10.4. The number of hydrogen-bond acceptors (Lipinski definition) is 0. The van der Waals surface area contributed by atoms with E-state index in [1.807, 2.05) is 0 Å². The van der Waals surface area contributed by atoms with Crippen LogP contribution in [0.15, 0.2) is 34.0 Å². The van der Waals surface area contributed by atoms with Crippen molar-refractivity contribution in [2.75, 3.05) is 0 Å². The van der Waals surface area contributed by atoms with Crippen LogP contribution in [0.3, 0.4) is 0 Å². The van der Waals surface area contributed by atoms with E-state index in [1.54, 1.807) is 5.57 Å². The van der Waals surface area contributed by atoms with Crippen molar-refractivity contribution in [1.29, 1.82) is 0 Å². The third-order valence-electron chi connectivity index (χ3n) is 4.79. The molecule has 0 amide bonds. The molecule has 0 bridgehead atoms. The van der Waals surface area contributed by atoms with Gasteiger partial charge in [-0.25, -0.2) is 0 Å². The van der Waals surface area contributed by atoms with Crippen molar-refractivity contribution in [3.63, 3.8) is 0 Å². The number of rotatable bonds is 4. The fourth-order valence-corrected chi connectivity index (χ4v) is 5.21. The molecule has 2 unspecified atom stereocenters. The maximum atomic E-state index is 4.14. The number of halogens is 3. The predicted octanol–water partition coefficient (Wildman–Crippen LogP) is 6.69. The number of fused-ring (bicyclic) bond motifs is 1. The molecule has 0 N–H and O–H groups in total. The molecule has 19 heavy (non-hydrogen) atoms. The van der Waals surface area contributed by atoms with Crippen molar-refractivity contribution in [2.45, 2.75) is 35.0 Å². The first kappa shape index (κ1) is 16.8. The summed E-state index contributed by atoms with van der Waals surface area (Å²) in [6, 6.07) is 0. The first-order valence-electron chi connectivity index (χ1n) is 6.86. The molecule has 0 aromatic carbocycles. The van der Waals surface area contributed by atoms with Crippen LogP contribution in [0.2, 0.25) is 0 Å². The van der Waals surface area contributed by atoms with Crippen molar-refractivity contribution >= 4 is 67.8 Å². The van der Waals surface area contributed by atoms with Gasteiger partial charge in [0.15, 0.2) is 0 Å². The van der Waals surface area contributed by atoms with Gasteiger partial charge in [0, 0.05) is 3.58 Å². The van der Waals surface area contributed by atoms with Crippen molar-refractivity contribution in [2.24, 2.45) is 23.2 Å². The van der Waals surface area contributed by atoms with Crippen molar-refractivity contribution < 1.29 is 0 Å². The maximum absolute atomic E-state index is 4.14. The monoisotopic (exact) mass is 594 g/mol. The maximum Gasteiger partial charge on any atom is 0.0626 e. The van der Waals surface area contributed by atoms with E-state index in [0.717, 1.165) is 13.8 Å². The van der Waals surface area contributed by atoms with Crippen LogP contribution in [0.1, 0.15) is 33.1 Å². The Bertz CT molecular complexity index is 418. The Balaban J connectivity index is 2.29. The standard InChI is InChI=1S/C16H21I3/c1-4-13-11(7-8-15(18)19)12-6-5-10(17)9-14(12)16(13,2)3/h4-5,9,11-13,15H,1,6-8H2,2-3H3/t11?,12-,13?/m1/s1. The summed E-state index contributed by atoms with van der Waals surface area (Å²) in [5.41, 5.74) is 1.96. The lowest BCUT2D eigenvalue weighted by Crippen LogP contribution is -2.21. The molecule has 0 spiro atoms. The fraction of sp³-hybridized carbons (Fsp3) is 0.625.